The number of aliphatic imine (C=N–C) groups is 1. The smallest absolute Gasteiger partial charge is 0.225 e. The third-order valence-corrected chi connectivity index (χ3v) is 6.16. The molecule has 0 aromatic carbocycles. The van der Waals surface area contributed by atoms with Gasteiger partial charge >= 0.3 is 0 Å². The second-order valence-electron chi connectivity index (χ2n) is 8.31. The minimum atomic E-state index is 0.0848. The molecular formula is C22H35N7O3. The number of hydrogen-bond donors (Lipinski definition) is 1. The Balaban J connectivity index is 1.25. The van der Waals surface area contributed by atoms with E-state index in [1.807, 2.05) is 11.0 Å². The summed E-state index contributed by atoms with van der Waals surface area (Å²) in [5.74, 6) is 1.74. The van der Waals surface area contributed by atoms with E-state index in [0.29, 0.717) is 32.7 Å². The number of anilines is 1. The van der Waals surface area contributed by atoms with Crippen molar-refractivity contribution in [1.29, 1.82) is 0 Å². The summed E-state index contributed by atoms with van der Waals surface area (Å²) >= 11 is 0. The molecular weight excluding hydrogens is 410 g/mol. The summed E-state index contributed by atoms with van der Waals surface area (Å²) in [7, 11) is 0. The Labute approximate surface area is 190 Å². The summed E-state index contributed by atoms with van der Waals surface area (Å²) in [6.07, 6.45) is 6.34. The van der Waals surface area contributed by atoms with Crippen LogP contribution in [0.15, 0.2) is 23.5 Å². The summed E-state index contributed by atoms with van der Waals surface area (Å²) in [6.45, 7) is 9.27. The fourth-order valence-corrected chi connectivity index (χ4v) is 4.44. The highest BCUT2D eigenvalue weighted by atomic mass is 16.5. The maximum atomic E-state index is 12.7. The van der Waals surface area contributed by atoms with Crippen molar-refractivity contribution in [3.63, 3.8) is 0 Å². The number of nitrogens with one attached hydrogen (secondary N) is 1. The molecule has 3 aliphatic rings. The standard InChI is InChI=1S/C22H35N7O3/c1-2-23-21(29-14-16-32-19(17-29)18-5-3-15-31-18)26-9-6-20(30)27-10-12-28(13-11-27)22-24-7-4-8-25-22/h4,7-8,18-19H,2-3,5-6,9-17H2,1H3,(H,23,26). The van der Waals surface area contributed by atoms with E-state index in [9.17, 15) is 4.79 Å². The molecule has 32 heavy (non-hydrogen) atoms. The van der Waals surface area contributed by atoms with Crippen LogP contribution in [0.3, 0.4) is 0 Å². The maximum Gasteiger partial charge on any atom is 0.225 e. The molecule has 10 heteroatoms. The van der Waals surface area contributed by atoms with Crippen molar-refractivity contribution in [3.8, 4) is 0 Å². The van der Waals surface area contributed by atoms with E-state index < -0.39 is 0 Å². The van der Waals surface area contributed by atoms with Crippen molar-refractivity contribution in [2.45, 2.75) is 38.4 Å². The average molecular weight is 446 g/mol. The van der Waals surface area contributed by atoms with Gasteiger partial charge in [-0.3, -0.25) is 9.79 Å². The number of morpholine rings is 1. The quantitative estimate of drug-likeness (QED) is 0.496. The largest absolute Gasteiger partial charge is 0.375 e. The molecule has 3 saturated heterocycles. The van der Waals surface area contributed by atoms with Crippen LogP contribution in [0.25, 0.3) is 0 Å². The monoisotopic (exact) mass is 445 g/mol. The zero-order valence-electron chi connectivity index (χ0n) is 19.0. The van der Waals surface area contributed by atoms with Crippen LogP contribution in [0, 0.1) is 0 Å². The highest BCUT2D eigenvalue weighted by molar-refractivity contribution is 5.81. The number of piperazine rings is 1. The normalized spacial score (nSPS) is 24.7. The molecule has 3 aliphatic heterocycles. The third kappa shape index (κ3) is 5.86. The molecule has 2 unspecified atom stereocenters. The highest BCUT2D eigenvalue weighted by Gasteiger charge is 2.32. The van der Waals surface area contributed by atoms with Gasteiger partial charge in [-0.25, -0.2) is 9.97 Å². The van der Waals surface area contributed by atoms with E-state index in [4.69, 9.17) is 14.5 Å². The van der Waals surface area contributed by atoms with E-state index in [1.165, 1.54) is 0 Å². The van der Waals surface area contributed by atoms with Crippen molar-refractivity contribution >= 4 is 17.8 Å². The molecule has 10 nitrogen and oxygen atoms in total. The van der Waals surface area contributed by atoms with Crippen LogP contribution in [0.2, 0.25) is 0 Å². The number of aromatic nitrogens is 2. The van der Waals surface area contributed by atoms with Crippen LogP contribution in [-0.2, 0) is 14.3 Å². The highest BCUT2D eigenvalue weighted by Crippen LogP contribution is 2.21. The number of guanidine groups is 1. The molecule has 1 N–H and O–H groups in total. The van der Waals surface area contributed by atoms with Gasteiger partial charge in [0.2, 0.25) is 11.9 Å². The minimum Gasteiger partial charge on any atom is -0.375 e. The Kier molecular flexibility index (Phi) is 8.11. The second kappa shape index (κ2) is 11.4. The van der Waals surface area contributed by atoms with Gasteiger partial charge in [0.25, 0.3) is 0 Å². The average Bonchev–Trinajstić information content (AvgIpc) is 3.39. The molecule has 0 saturated carbocycles. The molecule has 2 atom stereocenters. The molecule has 1 amide bonds. The van der Waals surface area contributed by atoms with Crippen molar-refractivity contribution in [3.05, 3.63) is 18.5 Å². The molecule has 1 aromatic rings. The number of ether oxygens (including phenoxy) is 2. The first-order valence-corrected chi connectivity index (χ1v) is 11.8. The number of carbonyl (C=O) groups excluding carboxylic acids is 1. The Hall–Kier alpha value is -2.46. The summed E-state index contributed by atoms with van der Waals surface area (Å²) < 4.78 is 11.8. The molecule has 176 valence electrons. The summed E-state index contributed by atoms with van der Waals surface area (Å²) in [5, 5.41) is 3.37. The predicted molar refractivity (Wildman–Crippen MR) is 122 cm³/mol. The first-order valence-electron chi connectivity index (χ1n) is 11.8. The molecule has 3 fully saturated rings. The molecule has 0 bridgehead atoms. The van der Waals surface area contributed by atoms with Gasteiger partial charge in [-0.15, -0.1) is 0 Å². The van der Waals surface area contributed by atoms with Crippen molar-refractivity contribution in [2.24, 2.45) is 4.99 Å². The summed E-state index contributed by atoms with van der Waals surface area (Å²) in [4.78, 5) is 32.3. The Morgan fingerprint density at radius 1 is 1.09 bits per heavy atom. The molecule has 0 spiro atoms. The Morgan fingerprint density at radius 2 is 1.88 bits per heavy atom. The zero-order chi connectivity index (χ0) is 22.2. The van der Waals surface area contributed by atoms with Crippen LogP contribution in [-0.4, -0.2) is 109 Å². The fourth-order valence-electron chi connectivity index (χ4n) is 4.44. The lowest BCUT2D eigenvalue weighted by Crippen LogP contribution is -2.53. The van der Waals surface area contributed by atoms with Crippen LogP contribution in [0.4, 0.5) is 5.95 Å². The van der Waals surface area contributed by atoms with Crippen molar-refractivity contribution in [1.82, 2.24) is 25.1 Å². The van der Waals surface area contributed by atoms with E-state index in [-0.39, 0.29) is 18.1 Å². The SMILES string of the molecule is CCNC(=NCCC(=O)N1CCN(c2ncccn2)CC1)N1CCOC(C2CCCO2)C1. The van der Waals surface area contributed by atoms with E-state index in [2.05, 4.69) is 32.0 Å². The summed E-state index contributed by atoms with van der Waals surface area (Å²) in [6, 6.07) is 1.81. The minimum absolute atomic E-state index is 0.0848. The maximum absolute atomic E-state index is 12.7. The predicted octanol–water partition coefficient (Wildman–Crippen LogP) is 0.361. The number of carbonyl (C=O) groups is 1. The first-order chi connectivity index (χ1) is 15.7. The third-order valence-electron chi connectivity index (χ3n) is 6.16. The van der Waals surface area contributed by atoms with Gasteiger partial charge in [-0.05, 0) is 25.8 Å². The lowest BCUT2D eigenvalue weighted by atomic mass is 10.1. The van der Waals surface area contributed by atoms with Crippen molar-refractivity contribution < 1.29 is 14.3 Å². The fraction of sp³-hybridized carbons (Fsp3) is 0.727. The number of amides is 1. The van der Waals surface area contributed by atoms with Gasteiger partial charge in [-0.2, -0.15) is 0 Å². The van der Waals surface area contributed by atoms with Crippen LogP contribution < -0.4 is 10.2 Å². The van der Waals surface area contributed by atoms with E-state index in [0.717, 1.165) is 64.1 Å². The van der Waals surface area contributed by atoms with E-state index in [1.54, 1.807) is 12.4 Å². The molecule has 1 aromatic heterocycles. The van der Waals surface area contributed by atoms with Gasteiger partial charge in [0.15, 0.2) is 5.96 Å². The lowest BCUT2D eigenvalue weighted by molar-refractivity contribution is -0.131. The van der Waals surface area contributed by atoms with Gasteiger partial charge in [0.05, 0.1) is 19.3 Å². The van der Waals surface area contributed by atoms with Gasteiger partial charge in [0, 0.05) is 71.2 Å². The molecule has 4 heterocycles. The lowest BCUT2D eigenvalue weighted by Gasteiger charge is -2.37. The van der Waals surface area contributed by atoms with Crippen molar-refractivity contribution in [2.75, 3.05) is 70.5 Å². The van der Waals surface area contributed by atoms with E-state index >= 15 is 0 Å². The zero-order valence-corrected chi connectivity index (χ0v) is 19.0. The Bertz CT molecular complexity index is 749. The molecule has 4 rings (SSSR count). The van der Waals surface area contributed by atoms with Crippen LogP contribution in [0.5, 0.6) is 0 Å². The molecule has 0 aliphatic carbocycles. The van der Waals surface area contributed by atoms with Gasteiger partial charge in [-0.1, -0.05) is 0 Å². The topological polar surface area (TPSA) is 95.4 Å². The van der Waals surface area contributed by atoms with Gasteiger partial charge < -0.3 is 29.5 Å². The number of rotatable bonds is 6. The van der Waals surface area contributed by atoms with Gasteiger partial charge in [0.1, 0.15) is 6.10 Å². The first kappa shape index (κ1) is 22.7. The van der Waals surface area contributed by atoms with Crippen LogP contribution in [0.1, 0.15) is 26.2 Å². The number of hydrogen-bond acceptors (Lipinski definition) is 7. The van der Waals surface area contributed by atoms with Crippen LogP contribution >= 0.6 is 0 Å². The number of nitrogens with zero attached hydrogens (tertiary/aromatic N) is 6. The Morgan fingerprint density at radius 3 is 2.59 bits per heavy atom. The second-order valence-corrected chi connectivity index (χ2v) is 8.31. The molecule has 0 radical (unpaired) electrons. The summed E-state index contributed by atoms with van der Waals surface area (Å²) in [5.41, 5.74) is 0.